The van der Waals surface area contributed by atoms with Gasteiger partial charge in [-0.1, -0.05) is 12.1 Å². The molecule has 1 amide bonds. The van der Waals surface area contributed by atoms with Crippen LogP contribution in [0, 0.1) is 5.41 Å². The summed E-state index contributed by atoms with van der Waals surface area (Å²) in [6.07, 6.45) is 3.08. The molecule has 1 atom stereocenters. The second kappa shape index (κ2) is 6.96. The van der Waals surface area contributed by atoms with Crippen molar-refractivity contribution in [3.8, 4) is 5.75 Å². The molecular weight excluding hydrogens is 316 g/mol. The fourth-order valence-electron chi connectivity index (χ4n) is 4.63. The van der Waals surface area contributed by atoms with Crippen molar-refractivity contribution in [1.29, 1.82) is 0 Å². The van der Waals surface area contributed by atoms with Crippen LogP contribution < -0.4 is 4.74 Å². The lowest BCUT2D eigenvalue weighted by molar-refractivity contribution is -0.134. The van der Waals surface area contributed by atoms with Crippen LogP contribution in [0.5, 0.6) is 5.75 Å². The maximum Gasteiger partial charge on any atom is 0.219 e. The number of amides is 1. The molecule has 3 rings (SSSR count). The Morgan fingerprint density at radius 3 is 2.36 bits per heavy atom. The zero-order chi connectivity index (χ0) is 18.1. The number of methoxy groups -OCH3 is 1. The SMILES string of the molecule is COc1ccc(CN2CCC3(CC2)CN(C(C)=O)C(C)(CO)C3)cc1. The Morgan fingerprint density at radius 2 is 1.88 bits per heavy atom. The van der Waals surface area contributed by atoms with Gasteiger partial charge >= 0.3 is 0 Å². The molecule has 5 heteroatoms. The molecule has 2 saturated heterocycles. The van der Waals surface area contributed by atoms with Crippen LogP contribution in [0.3, 0.4) is 0 Å². The molecule has 25 heavy (non-hydrogen) atoms. The van der Waals surface area contributed by atoms with E-state index in [0.29, 0.717) is 0 Å². The molecule has 1 aromatic rings. The van der Waals surface area contributed by atoms with Crippen LogP contribution in [0.2, 0.25) is 0 Å². The molecule has 1 spiro atoms. The molecule has 2 fully saturated rings. The number of piperidine rings is 1. The first-order valence-corrected chi connectivity index (χ1v) is 9.14. The molecule has 0 saturated carbocycles. The van der Waals surface area contributed by atoms with E-state index in [0.717, 1.165) is 51.2 Å². The zero-order valence-electron chi connectivity index (χ0n) is 15.6. The average Bonchev–Trinajstić information content (AvgIpc) is 2.91. The smallest absolute Gasteiger partial charge is 0.219 e. The summed E-state index contributed by atoms with van der Waals surface area (Å²) in [5.74, 6) is 0.967. The van der Waals surface area contributed by atoms with Gasteiger partial charge < -0.3 is 14.7 Å². The second-order valence-corrected chi connectivity index (χ2v) is 8.06. The van der Waals surface area contributed by atoms with E-state index in [9.17, 15) is 9.90 Å². The number of carbonyl (C=O) groups is 1. The molecular formula is C20H30N2O3. The summed E-state index contributed by atoms with van der Waals surface area (Å²) >= 11 is 0. The number of aliphatic hydroxyl groups is 1. The Bertz CT molecular complexity index is 608. The number of hydrogen-bond donors (Lipinski definition) is 1. The summed E-state index contributed by atoms with van der Waals surface area (Å²) in [5, 5.41) is 9.83. The quantitative estimate of drug-likeness (QED) is 0.909. The molecule has 0 radical (unpaired) electrons. The number of nitrogens with zero attached hydrogens (tertiary/aromatic N) is 2. The van der Waals surface area contributed by atoms with Gasteiger partial charge in [-0.05, 0) is 62.4 Å². The van der Waals surface area contributed by atoms with Crippen molar-refractivity contribution in [2.75, 3.05) is 33.4 Å². The van der Waals surface area contributed by atoms with Crippen LogP contribution >= 0.6 is 0 Å². The molecule has 0 aromatic heterocycles. The number of benzene rings is 1. The average molecular weight is 346 g/mol. The first kappa shape index (κ1) is 18.2. The lowest BCUT2D eigenvalue weighted by atomic mass is 9.74. The van der Waals surface area contributed by atoms with Crippen molar-refractivity contribution >= 4 is 5.91 Å². The predicted octanol–water partition coefficient (Wildman–Crippen LogP) is 2.28. The summed E-state index contributed by atoms with van der Waals surface area (Å²) in [6.45, 7) is 7.50. The van der Waals surface area contributed by atoms with Gasteiger partial charge in [-0.15, -0.1) is 0 Å². The number of aliphatic hydroxyl groups excluding tert-OH is 1. The third kappa shape index (κ3) is 3.67. The summed E-state index contributed by atoms with van der Waals surface area (Å²) in [7, 11) is 1.69. The number of ether oxygens (including phenoxy) is 1. The summed E-state index contributed by atoms with van der Waals surface area (Å²) in [6, 6.07) is 8.27. The highest BCUT2D eigenvalue weighted by molar-refractivity contribution is 5.74. The third-order valence-electron chi connectivity index (χ3n) is 6.10. The third-order valence-corrected chi connectivity index (χ3v) is 6.10. The molecule has 1 unspecified atom stereocenters. The van der Waals surface area contributed by atoms with Gasteiger partial charge in [0.15, 0.2) is 0 Å². The Morgan fingerprint density at radius 1 is 1.24 bits per heavy atom. The van der Waals surface area contributed by atoms with Crippen molar-refractivity contribution in [1.82, 2.24) is 9.80 Å². The van der Waals surface area contributed by atoms with Crippen LogP contribution in [0.4, 0.5) is 0 Å². The first-order valence-electron chi connectivity index (χ1n) is 9.14. The van der Waals surface area contributed by atoms with Crippen molar-refractivity contribution < 1.29 is 14.6 Å². The Labute approximate surface area is 150 Å². The highest BCUT2D eigenvalue weighted by Gasteiger charge is 2.52. The van der Waals surface area contributed by atoms with Crippen LogP contribution in [0.1, 0.15) is 38.7 Å². The Balaban J connectivity index is 1.60. The summed E-state index contributed by atoms with van der Waals surface area (Å²) in [4.78, 5) is 16.4. The van der Waals surface area contributed by atoms with E-state index >= 15 is 0 Å². The highest BCUT2D eigenvalue weighted by atomic mass is 16.5. The van der Waals surface area contributed by atoms with E-state index in [4.69, 9.17) is 4.74 Å². The van der Waals surface area contributed by atoms with E-state index in [2.05, 4.69) is 17.0 Å². The van der Waals surface area contributed by atoms with Crippen molar-refractivity contribution in [3.63, 3.8) is 0 Å². The maximum absolute atomic E-state index is 12.0. The molecule has 138 valence electrons. The summed E-state index contributed by atoms with van der Waals surface area (Å²) in [5.41, 5.74) is 1.07. The summed E-state index contributed by atoms with van der Waals surface area (Å²) < 4.78 is 5.22. The first-order chi connectivity index (χ1) is 11.9. The molecule has 1 aromatic carbocycles. The van der Waals surface area contributed by atoms with Gasteiger partial charge in [0.05, 0.1) is 19.3 Å². The maximum atomic E-state index is 12.0. The van der Waals surface area contributed by atoms with Gasteiger partial charge in [-0.2, -0.15) is 0 Å². The van der Waals surface area contributed by atoms with Gasteiger partial charge in [0.25, 0.3) is 0 Å². The van der Waals surface area contributed by atoms with Crippen LogP contribution in [0.25, 0.3) is 0 Å². The minimum atomic E-state index is -0.399. The molecule has 5 nitrogen and oxygen atoms in total. The standard InChI is InChI=1S/C20H30N2O3/c1-16(24)22-14-20(13-19(22,2)15-23)8-10-21(11-9-20)12-17-4-6-18(25-3)7-5-17/h4-7,23H,8-15H2,1-3H3. The molecule has 2 aliphatic rings. The second-order valence-electron chi connectivity index (χ2n) is 8.06. The van der Waals surface area contributed by atoms with E-state index < -0.39 is 5.54 Å². The van der Waals surface area contributed by atoms with Crippen molar-refractivity contribution in [2.24, 2.45) is 5.41 Å². The van der Waals surface area contributed by atoms with E-state index in [1.165, 1.54) is 5.56 Å². The molecule has 0 bridgehead atoms. The van der Waals surface area contributed by atoms with Crippen LogP contribution in [0.15, 0.2) is 24.3 Å². The van der Waals surface area contributed by atoms with Crippen LogP contribution in [-0.2, 0) is 11.3 Å². The predicted molar refractivity (Wildman–Crippen MR) is 97.4 cm³/mol. The monoisotopic (exact) mass is 346 g/mol. The largest absolute Gasteiger partial charge is 0.497 e. The van der Waals surface area contributed by atoms with Gasteiger partial charge in [0.1, 0.15) is 5.75 Å². The number of rotatable bonds is 4. The van der Waals surface area contributed by atoms with Gasteiger partial charge in [0, 0.05) is 20.0 Å². The minimum Gasteiger partial charge on any atom is -0.497 e. The highest BCUT2D eigenvalue weighted by Crippen LogP contribution is 2.48. The van der Waals surface area contributed by atoms with Crippen molar-refractivity contribution in [2.45, 2.75) is 45.2 Å². The van der Waals surface area contributed by atoms with E-state index in [1.54, 1.807) is 14.0 Å². The van der Waals surface area contributed by atoms with Crippen molar-refractivity contribution in [3.05, 3.63) is 29.8 Å². The number of carbonyl (C=O) groups excluding carboxylic acids is 1. The van der Waals surface area contributed by atoms with Gasteiger partial charge in [0.2, 0.25) is 5.91 Å². The zero-order valence-corrected chi connectivity index (χ0v) is 15.6. The molecule has 1 N–H and O–H groups in total. The minimum absolute atomic E-state index is 0.0455. The molecule has 0 aliphatic carbocycles. The van der Waals surface area contributed by atoms with Crippen LogP contribution in [-0.4, -0.2) is 59.7 Å². The van der Waals surface area contributed by atoms with Gasteiger partial charge in [-0.3, -0.25) is 9.69 Å². The van der Waals surface area contributed by atoms with E-state index in [-0.39, 0.29) is 17.9 Å². The number of likely N-dealkylation sites (tertiary alicyclic amines) is 2. The lowest BCUT2D eigenvalue weighted by Crippen LogP contribution is -2.46. The Hall–Kier alpha value is -1.59. The fourth-order valence-corrected chi connectivity index (χ4v) is 4.63. The normalized spacial score (nSPS) is 26.2. The molecule has 2 aliphatic heterocycles. The van der Waals surface area contributed by atoms with E-state index in [1.807, 2.05) is 24.0 Å². The molecule has 2 heterocycles. The topological polar surface area (TPSA) is 53.0 Å². The lowest BCUT2D eigenvalue weighted by Gasteiger charge is -2.39. The Kier molecular flexibility index (Phi) is 5.07. The van der Waals surface area contributed by atoms with Gasteiger partial charge in [-0.25, -0.2) is 0 Å². The number of hydrogen-bond acceptors (Lipinski definition) is 4. The fraction of sp³-hybridized carbons (Fsp3) is 0.650.